The summed E-state index contributed by atoms with van der Waals surface area (Å²) in [6.45, 7) is 4.44. The van der Waals surface area contributed by atoms with Crippen molar-refractivity contribution in [3.05, 3.63) is 48.0 Å². The van der Waals surface area contributed by atoms with Crippen LogP contribution in [0.1, 0.15) is 45.1 Å². The summed E-state index contributed by atoms with van der Waals surface area (Å²) in [7, 11) is 0. The van der Waals surface area contributed by atoms with E-state index in [0.717, 1.165) is 25.7 Å². The molecule has 3 rings (SSSR count). The summed E-state index contributed by atoms with van der Waals surface area (Å²) in [6, 6.07) is 14.9. The minimum absolute atomic E-state index is 0.00218. The molecule has 2 aromatic rings. The Morgan fingerprint density at radius 2 is 1.65 bits per heavy atom. The largest absolute Gasteiger partial charge is 0.389 e. The fourth-order valence-corrected chi connectivity index (χ4v) is 3.64. The highest BCUT2D eigenvalue weighted by Crippen LogP contribution is 2.46. The van der Waals surface area contributed by atoms with E-state index in [1.807, 2.05) is 0 Å². The van der Waals surface area contributed by atoms with Gasteiger partial charge < -0.3 is 5.11 Å². The summed E-state index contributed by atoms with van der Waals surface area (Å²) >= 11 is 0. The van der Waals surface area contributed by atoms with Gasteiger partial charge >= 0.3 is 0 Å². The van der Waals surface area contributed by atoms with Crippen LogP contribution in [0, 0.1) is 5.41 Å². The lowest BCUT2D eigenvalue weighted by atomic mass is 9.63. The van der Waals surface area contributed by atoms with Crippen LogP contribution in [0.2, 0.25) is 0 Å². The fraction of sp³-hybridized carbons (Fsp3) is 0.474. The molecule has 1 unspecified atom stereocenters. The van der Waals surface area contributed by atoms with E-state index in [9.17, 15) is 5.11 Å². The molecule has 1 aliphatic rings. The maximum Gasteiger partial charge on any atom is 0.0738 e. The Labute approximate surface area is 121 Å². The minimum Gasteiger partial charge on any atom is -0.389 e. The second kappa shape index (κ2) is 4.89. The van der Waals surface area contributed by atoms with Crippen molar-refractivity contribution in [2.45, 2.75) is 51.6 Å². The summed E-state index contributed by atoms with van der Waals surface area (Å²) in [5.41, 5.74) is 0.706. The highest BCUT2D eigenvalue weighted by molar-refractivity contribution is 5.85. The molecule has 0 radical (unpaired) electrons. The molecule has 0 aromatic heterocycles. The molecule has 1 aliphatic carbocycles. The van der Waals surface area contributed by atoms with Crippen LogP contribution in [-0.4, -0.2) is 10.7 Å². The van der Waals surface area contributed by atoms with Crippen LogP contribution in [0.4, 0.5) is 0 Å². The van der Waals surface area contributed by atoms with Crippen molar-refractivity contribution in [2.24, 2.45) is 5.41 Å². The van der Waals surface area contributed by atoms with E-state index in [0.29, 0.717) is 0 Å². The number of hydrogen-bond donors (Lipinski definition) is 1. The SMILES string of the molecule is CC1(C)CCCCC1(O)Cc1cccc2ccccc12. The van der Waals surface area contributed by atoms with Gasteiger partial charge in [-0.1, -0.05) is 69.2 Å². The third-order valence-corrected chi connectivity index (χ3v) is 5.26. The van der Waals surface area contributed by atoms with Crippen molar-refractivity contribution in [2.75, 3.05) is 0 Å². The summed E-state index contributed by atoms with van der Waals surface area (Å²) in [6.07, 6.45) is 5.19. The number of fused-ring (bicyclic) bond motifs is 1. The van der Waals surface area contributed by atoms with Crippen molar-refractivity contribution in [1.82, 2.24) is 0 Å². The van der Waals surface area contributed by atoms with Crippen molar-refractivity contribution < 1.29 is 5.11 Å². The van der Waals surface area contributed by atoms with Crippen molar-refractivity contribution in [3.8, 4) is 0 Å². The maximum absolute atomic E-state index is 11.2. The second-order valence-corrected chi connectivity index (χ2v) is 6.94. The molecule has 0 saturated heterocycles. The molecule has 0 spiro atoms. The lowest BCUT2D eigenvalue weighted by Gasteiger charge is -2.47. The number of aliphatic hydroxyl groups is 1. The molecule has 1 nitrogen and oxygen atoms in total. The first-order chi connectivity index (χ1) is 9.52. The van der Waals surface area contributed by atoms with Gasteiger partial charge in [0.1, 0.15) is 0 Å². The molecule has 106 valence electrons. The zero-order valence-electron chi connectivity index (χ0n) is 12.5. The Hall–Kier alpha value is -1.34. The molecular weight excluding hydrogens is 244 g/mol. The summed E-state index contributed by atoms with van der Waals surface area (Å²) in [5.74, 6) is 0. The molecule has 0 heterocycles. The standard InChI is InChI=1S/C19H24O/c1-18(2)12-5-6-13-19(18,20)14-16-10-7-9-15-8-3-4-11-17(15)16/h3-4,7-11,20H,5-6,12-14H2,1-2H3. The van der Waals surface area contributed by atoms with E-state index in [4.69, 9.17) is 0 Å². The normalized spacial score (nSPS) is 25.8. The first-order valence-electron chi connectivity index (χ1n) is 7.71. The molecule has 0 aliphatic heterocycles. The average Bonchev–Trinajstić information content (AvgIpc) is 2.43. The van der Waals surface area contributed by atoms with Crippen LogP contribution in [0.15, 0.2) is 42.5 Å². The zero-order valence-corrected chi connectivity index (χ0v) is 12.5. The van der Waals surface area contributed by atoms with Gasteiger partial charge in [0.05, 0.1) is 5.60 Å². The molecule has 0 bridgehead atoms. The number of benzene rings is 2. The predicted octanol–water partition coefficient (Wildman–Crippen LogP) is 4.71. The summed E-state index contributed by atoms with van der Waals surface area (Å²) < 4.78 is 0. The first-order valence-corrected chi connectivity index (χ1v) is 7.71. The Bertz CT molecular complexity index is 609. The van der Waals surface area contributed by atoms with Crippen LogP contribution in [0.3, 0.4) is 0 Å². The quantitative estimate of drug-likeness (QED) is 0.836. The monoisotopic (exact) mass is 268 g/mol. The molecule has 0 amide bonds. The zero-order chi connectivity index (χ0) is 14.2. The first kappa shape index (κ1) is 13.6. The highest BCUT2D eigenvalue weighted by Gasteiger charge is 2.45. The van der Waals surface area contributed by atoms with Crippen LogP contribution >= 0.6 is 0 Å². The van der Waals surface area contributed by atoms with E-state index in [1.165, 1.54) is 22.8 Å². The highest BCUT2D eigenvalue weighted by atomic mass is 16.3. The van der Waals surface area contributed by atoms with E-state index in [2.05, 4.69) is 56.3 Å². The van der Waals surface area contributed by atoms with Crippen LogP contribution < -0.4 is 0 Å². The van der Waals surface area contributed by atoms with Crippen molar-refractivity contribution in [1.29, 1.82) is 0 Å². The smallest absolute Gasteiger partial charge is 0.0738 e. The Morgan fingerprint density at radius 1 is 0.950 bits per heavy atom. The van der Waals surface area contributed by atoms with Gasteiger partial charge in [-0.05, 0) is 34.6 Å². The van der Waals surface area contributed by atoms with Gasteiger partial charge in [-0.25, -0.2) is 0 Å². The molecule has 1 saturated carbocycles. The van der Waals surface area contributed by atoms with E-state index in [-0.39, 0.29) is 5.41 Å². The van der Waals surface area contributed by atoms with Crippen molar-refractivity contribution in [3.63, 3.8) is 0 Å². The lowest BCUT2D eigenvalue weighted by molar-refractivity contribution is -0.0956. The minimum atomic E-state index is -0.574. The number of rotatable bonds is 2. The van der Waals surface area contributed by atoms with Gasteiger partial charge in [0.25, 0.3) is 0 Å². The summed E-state index contributed by atoms with van der Waals surface area (Å²) in [5, 5.41) is 13.8. The second-order valence-electron chi connectivity index (χ2n) is 6.94. The fourth-order valence-electron chi connectivity index (χ4n) is 3.64. The van der Waals surface area contributed by atoms with Gasteiger partial charge in [0.15, 0.2) is 0 Å². The van der Waals surface area contributed by atoms with Gasteiger partial charge in [-0.2, -0.15) is 0 Å². The van der Waals surface area contributed by atoms with Gasteiger partial charge in [-0.15, -0.1) is 0 Å². The Balaban J connectivity index is 2.00. The molecule has 1 heteroatoms. The lowest BCUT2D eigenvalue weighted by Crippen LogP contribution is -2.48. The summed E-state index contributed by atoms with van der Waals surface area (Å²) in [4.78, 5) is 0. The van der Waals surface area contributed by atoms with Crippen LogP contribution in [-0.2, 0) is 6.42 Å². The molecular formula is C19H24O. The van der Waals surface area contributed by atoms with E-state index < -0.39 is 5.60 Å². The Kier molecular flexibility index (Phi) is 3.33. The predicted molar refractivity (Wildman–Crippen MR) is 84.9 cm³/mol. The number of hydrogen-bond acceptors (Lipinski definition) is 1. The molecule has 1 fully saturated rings. The molecule has 1 N–H and O–H groups in total. The third kappa shape index (κ3) is 2.25. The van der Waals surface area contributed by atoms with Gasteiger partial charge in [0, 0.05) is 6.42 Å². The molecule has 20 heavy (non-hydrogen) atoms. The maximum atomic E-state index is 11.2. The van der Waals surface area contributed by atoms with E-state index in [1.54, 1.807) is 0 Å². The van der Waals surface area contributed by atoms with Gasteiger partial charge in [-0.3, -0.25) is 0 Å². The topological polar surface area (TPSA) is 20.2 Å². The average molecular weight is 268 g/mol. The molecule has 1 atom stereocenters. The van der Waals surface area contributed by atoms with Crippen molar-refractivity contribution >= 4 is 10.8 Å². The molecule has 2 aromatic carbocycles. The van der Waals surface area contributed by atoms with E-state index >= 15 is 0 Å². The van der Waals surface area contributed by atoms with Crippen LogP contribution in [0.25, 0.3) is 10.8 Å². The third-order valence-electron chi connectivity index (χ3n) is 5.26. The van der Waals surface area contributed by atoms with Crippen LogP contribution in [0.5, 0.6) is 0 Å². The Morgan fingerprint density at radius 3 is 2.45 bits per heavy atom. The van der Waals surface area contributed by atoms with Gasteiger partial charge in [0.2, 0.25) is 0 Å².